The van der Waals surface area contributed by atoms with Crippen molar-refractivity contribution in [2.24, 2.45) is 0 Å². The maximum absolute atomic E-state index is 12.1. The van der Waals surface area contributed by atoms with Crippen LogP contribution in [0, 0.1) is 11.3 Å². The van der Waals surface area contributed by atoms with Crippen LogP contribution in [0.15, 0.2) is 66.1 Å². The number of hydrogen-bond donors (Lipinski definition) is 1. The van der Waals surface area contributed by atoms with E-state index in [2.05, 4.69) is 35.7 Å². The van der Waals surface area contributed by atoms with Crippen LogP contribution in [0.5, 0.6) is 0 Å². The Morgan fingerprint density at radius 2 is 1.83 bits per heavy atom. The van der Waals surface area contributed by atoms with Crippen molar-refractivity contribution >= 4 is 23.5 Å². The van der Waals surface area contributed by atoms with Crippen LogP contribution in [0.3, 0.4) is 0 Å². The van der Waals surface area contributed by atoms with Crippen molar-refractivity contribution in [3.05, 3.63) is 87.6 Å². The molecule has 0 radical (unpaired) electrons. The van der Waals surface area contributed by atoms with Gasteiger partial charge in [0.25, 0.3) is 0 Å². The number of ether oxygens (including phenoxy) is 1. The van der Waals surface area contributed by atoms with Gasteiger partial charge in [-0.15, -0.1) is 11.3 Å². The molecule has 144 valence electrons. The highest BCUT2D eigenvalue weighted by molar-refractivity contribution is 7.10. The normalized spacial score (nSPS) is 12.4. The number of fused-ring (bicyclic) bond motifs is 3. The molecule has 1 aromatic heterocycles. The van der Waals surface area contributed by atoms with Crippen molar-refractivity contribution in [3.63, 3.8) is 0 Å². The molecular weight excluding hydrogens is 380 g/mol. The molecule has 0 bridgehead atoms. The number of nitriles is 1. The summed E-state index contributed by atoms with van der Waals surface area (Å²) >= 11 is 1.43. The molecule has 0 spiro atoms. The number of alkyl carbamates (subject to hydrolysis) is 1. The molecule has 2 aromatic carbocycles. The lowest BCUT2D eigenvalue weighted by molar-refractivity contribution is 0.143. The van der Waals surface area contributed by atoms with Crippen molar-refractivity contribution in [2.45, 2.75) is 12.3 Å². The first-order valence-electron chi connectivity index (χ1n) is 9.50. The molecule has 4 nitrogen and oxygen atoms in total. The second-order valence-electron chi connectivity index (χ2n) is 6.80. The van der Waals surface area contributed by atoms with E-state index in [1.54, 1.807) is 0 Å². The standard InChI is InChI=1S/C24H20N2O2S/c25-14-18-13-17(16-29-18)7-5-6-12-26-24(27)28-15-23-21-10-3-1-8-19(21)20-9-2-4-11-22(20)23/h1-5,7-11,13,16,23H,6,12,15H2,(H,26,27). The fraction of sp³-hybridized carbons (Fsp3) is 0.167. The van der Waals surface area contributed by atoms with E-state index in [0.717, 1.165) is 5.56 Å². The minimum Gasteiger partial charge on any atom is -0.449 e. The number of benzene rings is 2. The largest absolute Gasteiger partial charge is 0.449 e. The molecule has 1 N–H and O–H groups in total. The highest BCUT2D eigenvalue weighted by Gasteiger charge is 2.28. The van der Waals surface area contributed by atoms with E-state index in [4.69, 9.17) is 10.00 Å². The predicted molar refractivity (Wildman–Crippen MR) is 116 cm³/mol. The highest BCUT2D eigenvalue weighted by atomic mass is 32.1. The lowest BCUT2D eigenvalue weighted by Gasteiger charge is -2.14. The van der Waals surface area contributed by atoms with Gasteiger partial charge in [0.15, 0.2) is 0 Å². The number of rotatable bonds is 6. The highest BCUT2D eigenvalue weighted by Crippen LogP contribution is 2.44. The van der Waals surface area contributed by atoms with E-state index in [1.807, 2.05) is 47.9 Å². The van der Waals surface area contributed by atoms with Gasteiger partial charge in [-0.3, -0.25) is 0 Å². The number of hydrogen-bond acceptors (Lipinski definition) is 4. The van der Waals surface area contributed by atoms with Gasteiger partial charge in [0, 0.05) is 12.5 Å². The lowest BCUT2D eigenvalue weighted by atomic mass is 9.98. The summed E-state index contributed by atoms with van der Waals surface area (Å²) in [5.41, 5.74) is 5.85. The lowest BCUT2D eigenvalue weighted by Crippen LogP contribution is -2.26. The molecule has 0 atom stereocenters. The summed E-state index contributed by atoms with van der Waals surface area (Å²) in [5, 5.41) is 13.6. The van der Waals surface area contributed by atoms with Crippen LogP contribution >= 0.6 is 11.3 Å². The van der Waals surface area contributed by atoms with Gasteiger partial charge in [0.05, 0.1) is 0 Å². The zero-order valence-electron chi connectivity index (χ0n) is 15.8. The Morgan fingerprint density at radius 3 is 2.48 bits per heavy atom. The van der Waals surface area contributed by atoms with Crippen molar-refractivity contribution in [1.29, 1.82) is 5.26 Å². The number of nitrogens with one attached hydrogen (secondary N) is 1. The van der Waals surface area contributed by atoms with Crippen molar-refractivity contribution in [1.82, 2.24) is 5.32 Å². The van der Waals surface area contributed by atoms with E-state index < -0.39 is 6.09 Å². The maximum atomic E-state index is 12.1. The Labute approximate surface area is 174 Å². The second-order valence-corrected chi connectivity index (χ2v) is 7.71. The smallest absolute Gasteiger partial charge is 0.407 e. The molecule has 3 aromatic rings. The molecule has 29 heavy (non-hydrogen) atoms. The predicted octanol–water partition coefficient (Wildman–Crippen LogP) is 5.56. The van der Waals surface area contributed by atoms with Gasteiger partial charge in [-0.1, -0.05) is 60.7 Å². The van der Waals surface area contributed by atoms with Gasteiger partial charge in [-0.05, 0) is 45.7 Å². The van der Waals surface area contributed by atoms with Crippen LogP contribution in [0.2, 0.25) is 0 Å². The summed E-state index contributed by atoms with van der Waals surface area (Å²) in [6.45, 7) is 0.823. The molecule has 1 aliphatic carbocycles. The van der Waals surface area contributed by atoms with Crippen LogP contribution in [0.1, 0.15) is 33.9 Å². The summed E-state index contributed by atoms with van der Waals surface area (Å²) in [7, 11) is 0. The van der Waals surface area contributed by atoms with Crippen molar-refractivity contribution in [3.8, 4) is 17.2 Å². The molecule has 0 fully saturated rings. The minimum absolute atomic E-state index is 0.0703. The number of amides is 1. The number of nitrogens with zero attached hydrogens (tertiary/aromatic N) is 1. The van der Waals surface area contributed by atoms with Gasteiger partial charge < -0.3 is 10.1 Å². The number of carbonyl (C=O) groups is 1. The van der Waals surface area contributed by atoms with Crippen LogP contribution < -0.4 is 5.32 Å². The third-order valence-corrected chi connectivity index (χ3v) is 5.82. The average molecular weight is 401 g/mol. The Kier molecular flexibility index (Phi) is 5.73. The molecule has 1 amide bonds. The minimum atomic E-state index is -0.400. The van der Waals surface area contributed by atoms with Crippen LogP contribution in [-0.2, 0) is 4.74 Å². The molecule has 5 heteroatoms. The van der Waals surface area contributed by atoms with E-state index in [0.29, 0.717) is 24.4 Å². The Hall–Kier alpha value is -3.36. The molecule has 0 saturated carbocycles. The SMILES string of the molecule is N#Cc1cc(C=CCCNC(=O)OCC2c3ccccc3-c3ccccc32)cs1. The third kappa shape index (κ3) is 4.23. The van der Waals surface area contributed by atoms with Crippen molar-refractivity contribution < 1.29 is 9.53 Å². The van der Waals surface area contributed by atoms with Gasteiger partial charge in [0.2, 0.25) is 0 Å². The fourth-order valence-electron chi connectivity index (χ4n) is 3.62. The molecular formula is C24H20N2O2S. The van der Waals surface area contributed by atoms with Gasteiger partial charge in [-0.2, -0.15) is 5.26 Å². The topological polar surface area (TPSA) is 62.1 Å². The Balaban J connectivity index is 1.27. The quantitative estimate of drug-likeness (QED) is 0.551. The molecule has 4 rings (SSSR count). The third-order valence-electron chi connectivity index (χ3n) is 4.96. The average Bonchev–Trinajstić information content (AvgIpc) is 3.34. The van der Waals surface area contributed by atoms with Gasteiger partial charge >= 0.3 is 6.09 Å². The van der Waals surface area contributed by atoms with Gasteiger partial charge in [0.1, 0.15) is 17.6 Å². The first kappa shape index (κ1) is 19.0. The number of carbonyl (C=O) groups excluding carboxylic acids is 1. The summed E-state index contributed by atoms with van der Waals surface area (Å²) < 4.78 is 5.51. The molecule has 0 saturated heterocycles. The Morgan fingerprint density at radius 1 is 1.14 bits per heavy atom. The first-order valence-corrected chi connectivity index (χ1v) is 10.4. The molecule has 0 aliphatic heterocycles. The number of thiophene rings is 1. The van der Waals surface area contributed by atoms with E-state index >= 15 is 0 Å². The summed E-state index contributed by atoms with van der Waals surface area (Å²) in [5.74, 6) is 0.0703. The zero-order valence-corrected chi connectivity index (χ0v) is 16.6. The van der Waals surface area contributed by atoms with Gasteiger partial charge in [-0.25, -0.2) is 4.79 Å². The fourth-order valence-corrected chi connectivity index (χ4v) is 4.29. The van der Waals surface area contributed by atoms with Crippen LogP contribution in [0.4, 0.5) is 4.79 Å². The van der Waals surface area contributed by atoms with Crippen LogP contribution in [-0.4, -0.2) is 19.2 Å². The maximum Gasteiger partial charge on any atom is 0.407 e. The summed E-state index contributed by atoms with van der Waals surface area (Å²) in [6.07, 6.45) is 4.23. The molecule has 1 heterocycles. The molecule has 0 unspecified atom stereocenters. The van der Waals surface area contributed by atoms with Crippen LogP contribution in [0.25, 0.3) is 17.2 Å². The molecule has 1 aliphatic rings. The van der Waals surface area contributed by atoms with E-state index in [-0.39, 0.29) is 5.92 Å². The summed E-state index contributed by atoms with van der Waals surface area (Å²) in [6, 6.07) is 20.5. The van der Waals surface area contributed by atoms with E-state index in [9.17, 15) is 4.79 Å². The monoisotopic (exact) mass is 400 g/mol. The van der Waals surface area contributed by atoms with Crippen molar-refractivity contribution in [2.75, 3.05) is 13.2 Å². The first-order chi connectivity index (χ1) is 14.3. The summed E-state index contributed by atoms with van der Waals surface area (Å²) in [4.78, 5) is 12.8. The van der Waals surface area contributed by atoms with E-state index in [1.165, 1.54) is 33.6 Å². The Bertz CT molecular complexity index is 1050. The zero-order chi connectivity index (χ0) is 20.1. The second kappa shape index (κ2) is 8.76.